The van der Waals surface area contributed by atoms with Crippen molar-refractivity contribution in [3.63, 3.8) is 0 Å². The van der Waals surface area contributed by atoms with Crippen molar-refractivity contribution in [2.75, 3.05) is 20.6 Å². The summed E-state index contributed by atoms with van der Waals surface area (Å²) in [4.78, 5) is 24.3. The topological polar surface area (TPSA) is 58.6 Å². The Morgan fingerprint density at radius 2 is 1.55 bits per heavy atom. The number of alkyl carbamates (subject to hydrolysis) is 1. The number of nitrogens with zero attached hydrogens (tertiary/aromatic N) is 1. The minimum Gasteiger partial charge on any atom is -0.444 e. The normalized spacial score (nSPS) is 11.1. The molecule has 118 valence electrons. The summed E-state index contributed by atoms with van der Waals surface area (Å²) in [5, 5.41) is 2.74. The SMILES string of the molecule is CN(C)C(=O)CCCCCCCNC(=O)OC(C)(C)C. The van der Waals surface area contributed by atoms with Crippen LogP contribution in [0.1, 0.15) is 59.3 Å². The van der Waals surface area contributed by atoms with E-state index in [0.29, 0.717) is 13.0 Å². The van der Waals surface area contributed by atoms with Crippen molar-refractivity contribution >= 4 is 12.0 Å². The fourth-order valence-corrected chi connectivity index (χ4v) is 1.66. The molecule has 0 aliphatic heterocycles. The van der Waals surface area contributed by atoms with Crippen LogP contribution in [-0.2, 0) is 9.53 Å². The van der Waals surface area contributed by atoms with Crippen LogP contribution >= 0.6 is 0 Å². The molecule has 0 heterocycles. The van der Waals surface area contributed by atoms with E-state index in [1.807, 2.05) is 20.8 Å². The molecule has 0 radical (unpaired) electrons. The predicted molar refractivity (Wildman–Crippen MR) is 80.6 cm³/mol. The highest BCUT2D eigenvalue weighted by Crippen LogP contribution is 2.07. The van der Waals surface area contributed by atoms with Crippen molar-refractivity contribution in [2.45, 2.75) is 64.9 Å². The van der Waals surface area contributed by atoms with Gasteiger partial charge < -0.3 is 15.0 Å². The van der Waals surface area contributed by atoms with Crippen molar-refractivity contribution in [3.05, 3.63) is 0 Å². The van der Waals surface area contributed by atoms with Gasteiger partial charge in [-0.1, -0.05) is 19.3 Å². The molecular formula is C15H30N2O3. The summed E-state index contributed by atoms with van der Waals surface area (Å²) in [5.41, 5.74) is -0.441. The third-order valence-corrected chi connectivity index (χ3v) is 2.73. The van der Waals surface area contributed by atoms with E-state index < -0.39 is 5.60 Å². The first-order valence-corrected chi connectivity index (χ1v) is 7.39. The second-order valence-corrected chi connectivity index (χ2v) is 6.23. The van der Waals surface area contributed by atoms with E-state index in [0.717, 1.165) is 32.1 Å². The smallest absolute Gasteiger partial charge is 0.407 e. The summed E-state index contributed by atoms with van der Waals surface area (Å²) >= 11 is 0. The van der Waals surface area contributed by atoms with Gasteiger partial charge >= 0.3 is 6.09 Å². The zero-order valence-electron chi connectivity index (χ0n) is 13.6. The second kappa shape index (κ2) is 9.61. The van der Waals surface area contributed by atoms with Crippen LogP contribution in [0.3, 0.4) is 0 Å². The molecule has 1 N–H and O–H groups in total. The molecule has 2 amide bonds. The first kappa shape index (κ1) is 18.7. The van der Waals surface area contributed by atoms with Crippen LogP contribution in [0.2, 0.25) is 0 Å². The van der Waals surface area contributed by atoms with E-state index in [1.54, 1.807) is 19.0 Å². The summed E-state index contributed by atoms with van der Waals surface area (Å²) in [6, 6.07) is 0. The number of carbonyl (C=O) groups excluding carboxylic acids is 2. The lowest BCUT2D eigenvalue weighted by Crippen LogP contribution is -2.32. The number of carbonyl (C=O) groups is 2. The van der Waals surface area contributed by atoms with Gasteiger partial charge in [-0.25, -0.2) is 4.79 Å². The monoisotopic (exact) mass is 286 g/mol. The van der Waals surface area contributed by atoms with E-state index in [2.05, 4.69) is 5.32 Å². The maximum absolute atomic E-state index is 11.4. The van der Waals surface area contributed by atoms with Crippen LogP contribution < -0.4 is 5.32 Å². The Bertz CT molecular complexity index is 296. The molecule has 0 aromatic heterocycles. The number of ether oxygens (including phenoxy) is 1. The van der Waals surface area contributed by atoms with Gasteiger partial charge in [-0.2, -0.15) is 0 Å². The minimum atomic E-state index is -0.441. The molecule has 0 saturated carbocycles. The maximum Gasteiger partial charge on any atom is 0.407 e. The number of amides is 2. The van der Waals surface area contributed by atoms with Crippen LogP contribution in [0.15, 0.2) is 0 Å². The van der Waals surface area contributed by atoms with Crippen molar-refractivity contribution in [3.8, 4) is 0 Å². The number of nitrogens with one attached hydrogen (secondary N) is 1. The Labute approximate surface area is 123 Å². The predicted octanol–water partition coefficient (Wildman–Crippen LogP) is 2.94. The fourth-order valence-electron chi connectivity index (χ4n) is 1.66. The van der Waals surface area contributed by atoms with Gasteiger partial charge in [0.25, 0.3) is 0 Å². The van der Waals surface area contributed by atoms with Gasteiger partial charge in [0.15, 0.2) is 0 Å². The lowest BCUT2D eigenvalue weighted by Gasteiger charge is -2.19. The van der Waals surface area contributed by atoms with E-state index in [9.17, 15) is 9.59 Å². The Balaban J connectivity index is 3.37. The highest BCUT2D eigenvalue weighted by Gasteiger charge is 2.15. The Hall–Kier alpha value is -1.26. The molecule has 0 bridgehead atoms. The van der Waals surface area contributed by atoms with Crippen molar-refractivity contribution in [1.29, 1.82) is 0 Å². The summed E-state index contributed by atoms with van der Waals surface area (Å²) in [6.07, 6.45) is 5.38. The Kier molecular flexibility index (Phi) is 9.01. The standard InChI is InChI=1S/C15H30N2O3/c1-15(2,3)20-14(19)16-12-10-8-6-7-9-11-13(18)17(4)5/h6-12H2,1-5H3,(H,16,19). The van der Waals surface area contributed by atoms with Crippen molar-refractivity contribution in [2.24, 2.45) is 0 Å². The largest absolute Gasteiger partial charge is 0.444 e. The van der Waals surface area contributed by atoms with E-state index in [4.69, 9.17) is 4.74 Å². The third-order valence-electron chi connectivity index (χ3n) is 2.73. The summed E-state index contributed by atoms with van der Waals surface area (Å²) in [7, 11) is 3.56. The van der Waals surface area contributed by atoms with E-state index in [-0.39, 0.29) is 12.0 Å². The number of hydrogen-bond donors (Lipinski definition) is 1. The molecular weight excluding hydrogens is 256 g/mol. The van der Waals surface area contributed by atoms with Crippen LogP contribution in [0, 0.1) is 0 Å². The van der Waals surface area contributed by atoms with Crippen LogP contribution in [0.25, 0.3) is 0 Å². The molecule has 0 aliphatic rings. The van der Waals surface area contributed by atoms with Gasteiger partial charge in [-0.05, 0) is 33.6 Å². The zero-order chi connectivity index (χ0) is 15.6. The van der Waals surface area contributed by atoms with Crippen molar-refractivity contribution < 1.29 is 14.3 Å². The number of rotatable bonds is 8. The highest BCUT2D eigenvalue weighted by molar-refractivity contribution is 5.75. The van der Waals surface area contributed by atoms with Gasteiger partial charge in [0.1, 0.15) is 5.60 Å². The summed E-state index contributed by atoms with van der Waals surface area (Å²) in [5.74, 6) is 0.191. The highest BCUT2D eigenvalue weighted by atomic mass is 16.6. The van der Waals surface area contributed by atoms with Crippen molar-refractivity contribution in [1.82, 2.24) is 10.2 Å². The van der Waals surface area contributed by atoms with Crippen LogP contribution in [0.5, 0.6) is 0 Å². The van der Waals surface area contributed by atoms with Gasteiger partial charge in [0.2, 0.25) is 5.91 Å². The molecule has 0 aromatic carbocycles. The molecule has 0 spiro atoms. The average molecular weight is 286 g/mol. The zero-order valence-corrected chi connectivity index (χ0v) is 13.6. The van der Waals surface area contributed by atoms with E-state index in [1.165, 1.54) is 0 Å². The molecule has 5 heteroatoms. The number of hydrogen-bond acceptors (Lipinski definition) is 3. The molecule has 0 fully saturated rings. The summed E-state index contributed by atoms with van der Waals surface area (Å²) < 4.78 is 5.14. The molecule has 0 atom stereocenters. The Morgan fingerprint density at radius 3 is 2.10 bits per heavy atom. The quantitative estimate of drug-likeness (QED) is 0.698. The molecule has 0 aromatic rings. The molecule has 0 saturated heterocycles. The first-order chi connectivity index (χ1) is 9.22. The molecule has 5 nitrogen and oxygen atoms in total. The van der Waals surface area contributed by atoms with E-state index >= 15 is 0 Å². The lowest BCUT2D eigenvalue weighted by molar-refractivity contribution is -0.128. The van der Waals surface area contributed by atoms with Crippen LogP contribution in [-0.4, -0.2) is 43.1 Å². The Morgan fingerprint density at radius 1 is 1.00 bits per heavy atom. The first-order valence-electron chi connectivity index (χ1n) is 7.39. The average Bonchev–Trinajstić information content (AvgIpc) is 2.29. The third kappa shape index (κ3) is 11.8. The molecule has 0 aliphatic carbocycles. The molecule has 0 unspecified atom stereocenters. The van der Waals surface area contributed by atoms with Gasteiger partial charge in [-0.3, -0.25) is 4.79 Å². The molecule has 0 rings (SSSR count). The lowest BCUT2D eigenvalue weighted by atomic mass is 10.1. The summed E-state index contributed by atoms with van der Waals surface area (Å²) in [6.45, 7) is 6.19. The van der Waals surface area contributed by atoms with Gasteiger partial charge in [0.05, 0.1) is 0 Å². The fraction of sp³-hybridized carbons (Fsp3) is 0.867. The maximum atomic E-state index is 11.4. The number of unbranched alkanes of at least 4 members (excludes halogenated alkanes) is 4. The molecule has 20 heavy (non-hydrogen) atoms. The van der Waals surface area contributed by atoms with Crippen LogP contribution in [0.4, 0.5) is 4.79 Å². The van der Waals surface area contributed by atoms with Gasteiger partial charge in [0, 0.05) is 27.1 Å². The minimum absolute atomic E-state index is 0.191. The second-order valence-electron chi connectivity index (χ2n) is 6.23. The van der Waals surface area contributed by atoms with Gasteiger partial charge in [-0.15, -0.1) is 0 Å².